The number of carbonyl (C=O) groups is 1. The molecule has 3 rings (SSSR count). The van der Waals surface area contributed by atoms with Gasteiger partial charge in [0.2, 0.25) is 0 Å². The first kappa shape index (κ1) is 14.7. The van der Waals surface area contributed by atoms with Gasteiger partial charge in [-0.2, -0.15) is 5.10 Å². The summed E-state index contributed by atoms with van der Waals surface area (Å²) in [5.74, 6) is 0.671. The SMILES string of the molecule is Cc1nn(C2CC3C(C2)C3C(=O)N=CN(C)C)cc1[N+](=O)[O-]. The molecular formula is C14H19N5O3. The Balaban J connectivity index is 1.62. The van der Waals surface area contributed by atoms with E-state index in [0.29, 0.717) is 17.5 Å². The maximum atomic E-state index is 12.0. The van der Waals surface area contributed by atoms with Crippen LogP contribution in [-0.2, 0) is 4.79 Å². The second-order valence-corrected chi connectivity index (χ2v) is 6.36. The topological polar surface area (TPSA) is 93.6 Å². The molecule has 0 saturated heterocycles. The van der Waals surface area contributed by atoms with Crippen LogP contribution in [0.4, 0.5) is 5.69 Å². The van der Waals surface area contributed by atoms with Crippen molar-refractivity contribution in [3.63, 3.8) is 0 Å². The number of hydrogen-bond donors (Lipinski definition) is 0. The summed E-state index contributed by atoms with van der Waals surface area (Å²) < 4.78 is 1.70. The molecule has 8 heteroatoms. The Hall–Kier alpha value is -2.25. The molecule has 22 heavy (non-hydrogen) atoms. The predicted molar refractivity (Wildman–Crippen MR) is 79.5 cm³/mol. The smallest absolute Gasteiger partial charge is 0.309 e. The van der Waals surface area contributed by atoms with Gasteiger partial charge in [0.15, 0.2) is 0 Å². The first-order chi connectivity index (χ1) is 10.4. The summed E-state index contributed by atoms with van der Waals surface area (Å²) >= 11 is 0. The van der Waals surface area contributed by atoms with Crippen molar-refractivity contribution >= 4 is 17.9 Å². The van der Waals surface area contributed by atoms with E-state index in [2.05, 4.69) is 10.1 Å². The molecule has 0 aromatic carbocycles. The lowest BCUT2D eigenvalue weighted by molar-refractivity contribution is -0.385. The first-order valence-electron chi connectivity index (χ1n) is 7.33. The molecule has 2 saturated carbocycles. The summed E-state index contributed by atoms with van der Waals surface area (Å²) in [5, 5.41) is 15.1. The molecule has 0 aliphatic heterocycles. The molecule has 1 aromatic heterocycles. The molecule has 2 fully saturated rings. The van der Waals surface area contributed by atoms with Gasteiger partial charge in [0.05, 0.1) is 17.3 Å². The number of nitro groups is 1. The quantitative estimate of drug-likeness (QED) is 0.363. The Morgan fingerprint density at radius 1 is 1.50 bits per heavy atom. The van der Waals surface area contributed by atoms with Gasteiger partial charge in [0.1, 0.15) is 11.9 Å². The van der Waals surface area contributed by atoms with E-state index in [0.717, 1.165) is 12.8 Å². The fraction of sp³-hybridized carbons (Fsp3) is 0.643. The van der Waals surface area contributed by atoms with Crippen LogP contribution in [0.2, 0.25) is 0 Å². The maximum absolute atomic E-state index is 12.0. The molecule has 0 bridgehead atoms. The van der Waals surface area contributed by atoms with Crippen LogP contribution in [0.15, 0.2) is 11.2 Å². The Bertz CT molecular complexity index is 639. The highest BCUT2D eigenvalue weighted by Gasteiger charge is 2.60. The number of aliphatic imine (C=N–C) groups is 1. The van der Waals surface area contributed by atoms with Gasteiger partial charge in [-0.25, -0.2) is 4.99 Å². The van der Waals surface area contributed by atoms with E-state index in [1.54, 1.807) is 16.5 Å². The Morgan fingerprint density at radius 3 is 2.64 bits per heavy atom. The van der Waals surface area contributed by atoms with Crippen LogP contribution in [0.25, 0.3) is 0 Å². The van der Waals surface area contributed by atoms with Gasteiger partial charge in [-0.1, -0.05) is 0 Å². The van der Waals surface area contributed by atoms with E-state index < -0.39 is 4.92 Å². The van der Waals surface area contributed by atoms with Crippen LogP contribution >= 0.6 is 0 Å². The minimum absolute atomic E-state index is 0.0269. The summed E-state index contributed by atoms with van der Waals surface area (Å²) in [6.45, 7) is 1.65. The second-order valence-electron chi connectivity index (χ2n) is 6.36. The van der Waals surface area contributed by atoms with Gasteiger partial charge in [0.25, 0.3) is 5.91 Å². The molecule has 0 N–H and O–H groups in total. The van der Waals surface area contributed by atoms with Crippen molar-refractivity contribution < 1.29 is 9.72 Å². The first-order valence-corrected chi connectivity index (χ1v) is 7.33. The minimum Gasteiger partial charge on any atom is -0.369 e. The van der Waals surface area contributed by atoms with E-state index in [-0.39, 0.29) is 23.6 Å². The monoisotopic (exact) mass is 305 g/mol. The van der Waals surface area contributed by atoms with Crippen LogP contribution in [-0.4, -0.2) is 45.9 Å². The van der Waals surface area contributed by atoms with E-state index >= 15 is 0 Å². The lowest BCUT2D eigenvalue weighted by Crippen LogP contribution is -2.14. The number of carbonyl (C=O) groups excluding carboxylic acids is 1. The zero-order valence-corrected chi connectivity index (χ0v) is 12.8. The van der Waals surface area contributed by atoms with Gasteiger partial charge in [-0.3, -0.25) is 19.6 Å². The average Bonchev–Trinajstić information content (AvgIpc) is 2.82. The lowest BCUT2D eigenvalue weighted by Gasteiger charge is -2.13. The van der Waals surface area contributed by atoms with Crippen molar-refractivity contribution in [3.05, 3.63) is 22.0 Å². The van der Waals surface area contributed by atoms with E-state index in [4.69, 9.17) is 0 Å². The zero-order valence-electron chi connectivity index (χ0n) is 12.8. The lowest BCUT2D eigenvalue weighted by atomic mass is 10.1. The van der Waals surface area contributed by atoms with Gasteiger partial charge in [-0.15, -0.1) is 0 Å². The number of hydrogen-bond acceptors (Lipinski definition) is 4. The Labute approximate surface area is 128 Å². The molecule has 1 amide bonds. The number of aryl methyl sites for hydroxylation is 1. The number of amides is 1. The van der Waals surface area contributed by atoms with Gasteiger partial charge in [0, 0.05) is 20.0 Å². The summed E-state index contributed by atoms with van der Waals surface area (Å²) in [5.41, 5.74) is 0.498. The molecule has 118 valence electrons. The minimum atomic E-state index is -0.406. The highest BCUT2D eigenvalue weighted by atomic mass is 16.6. The summed E-state index contributed by atoms with van der Waals surface area (Å²) in [4.78, 5) is 28.1. The summed E-state index contributed by atoms with van der Waals surface area (Å²) in [6, 6.07) is 0.157. The average molecular weight is 305 g/mol. The highest BCUT2D eigenvalue weighted by molar-refractivity contribution is 5.88. The third-order valence-corrected chi connectivity index (χ3v) is 4.58. The Kier molecular flexibility index (Phi) is 3.46. The summed E-state index contributed by atoms with van der Waals surface area (Å²) in [7, 11) is 3.65. The van der Waals surface area contributed by atoms with Gasteiger partial charge in [-0.05, 0) is 31.6 Å². The predicted octanol–water partition coefficient (Wildman–Crippen LogP) is 1.41. The molecule has 2 aliphatic carbocycles. The highest BCUT2D eigenvalue weighted by Crippen LogP contribution is 2.61. The van der Waals surface area contributed by atoms with Crippen molar-refractivity contribution in [1.29, 1.82) is 0 Å². The zero-order chi connectivity index (χ0) is 16.0. The molecule has 2 aliphatic rings. The van der Waals surface area contributed by atoms with Crippen molar-refractivity contribution in [2.24, 2.45) is 22.7 Å². The van der Waals surface area contributed by atoms with E-state index in [1.165, 1.54) is 12.5 Å². The fourth-order valence-corrected chi connectivity index (χ4v) is 3.49. The van der Waals surface area contributed by atoms with Crippen LogP contribution < -0.4 is 0 Å². The molecule has 2 atom stereocenters. The van der Waals surface area contributed by atoms with Gasteiger partial charge < -0.3 is 4.90 Å². The molecule has 8 nitrogen and oxygen atoms in total. The van der Waals surface area contributed by atoms with Crippen molar-refractivity contribution in [1.82, 2.24) is 14.7 Å². The molecule has 1 aromatic rings. The molecule has 1 heterocycles. The molecule has 0 radical (unpaired) electrons. The van der Waals surface area contributed by atoms with Crippen molar-refractivity contribution in [2.75, 3.05) is 14.1 Å². The standard InChI is InChI=1S/C14H19N5O3/c1-8-12(19(21)22)6-18(16-8)9-4-10-11(5-9)13(10)14(20)15-7-17(2)3/h6-7,9-11,13H,4-5H2,1-3H3. The van der Waals surface area contributed by atoms with Crippen molar-refractivity contribution in [3.8, 4) is 0 Å². The molecular weight excluding hydrogens is 286 g/mol. The van der Waals surface area contributed by atoms with Crippen LogP contribution in [0.3, 0.4) is 0 Å². The van der Waals surface area contributed by atoms with Gasteiger partial charge >= 0.3 is 5.69 Å². The maximum Gasteiger partial charge on any atom is 0.309 e. The van der Waals surface area contributed by atoms with E-state index in [1.807, 2.05) is 14.1 Å². The molecule has 2 unspecified atom stereocenters. The summed E-state index contributed by atoms with van der Waals surface area (Å²) in [6.07, 6.45) is 4.73. The van der Waals surface area contributed by atoms with Crippen LogP contribution in [0.1, 0.15) is 24.6 Å². The number of fused-ring (bicyclic) bond motifs is 1. The molecule has 0 spiro atoms. The number of nitrogens with zero attached hydrogens (tertiary/aromatic N) is 5. The van der Waals surface area contributed by atoms with Crippen molar-refractivity contribution in [2.45, 2.75) is 25.8 Å². The van der Waals surface area contributed by atoms with Crippen LogP contribution in [0, 0.1) is 34.8 Å². The third-order valence-electron chi connectivity index (χ3n) is 4.58. The number of aromatic nitrogens is 2. The normalized spacial score (nSPS) is 29.6. The number of rotatable bonds is 4. The fourth-order valence-electron chi connectivity index (χ4n) is 3.49. The van der Waals surface area contributed by atoms with Crippen LogP contribution in [0.5, 0.6) is 0 Å². The third kappa shape index (κ3) is 2.49. The Morgan fingerprint density at radius 2 is 2.14 bits per heavy atom. The van der Waals surface area contributed by atoms with E-state index in [9.17, 15) is 14.9 Å². The largest absolute Gasteiger partial charge is 0.369 e. The second kappa shape index (κ2) is 5.19.